The fourth-order valence-electron chi connectivity index (χ4n) is 2.07. The molecular formula is C12H21N. The van der Waals surface area contributed by atoms with Crippen molar-refractivity contribution in [1.82, 2.24) is 4.98 Å². The lowest BCUT2D eigenvalue weighted by atomic mass is 9.89. The van der Waals surface area contributed by atoms with Crippen LogP contribution < -0.4 is 0 Å². The van der Waals surface area contributed by atoms with Gasteiger partial charge in [-0.25, -0.2) is 0 Å². The summed E-state index contributed by atoms with van der Waals surface area (Å²) in [6.45, 7) is 13.4. The van der Waals surface area contributed by atoms with Gasteiger partial charge in [0, 0.05) is 16.8 Å². The molecule has 0 radical (unpaired) electrons. The summed E-state index contributed by atoms with van der Waals surface area (Å²) < 4.78 is 0. The molecule has 1 heteroatoms. The lowest BCUT2D eigenvalue weighted by Gasteiger charge is -2.18. The summed E-state index contributed by atoms with van der Waals surface area (Å²) in [5.41, 5.74) is 5.91. The van der Waals surface area contributed by atoms with E-state index in [0.29, 0.717) is 0 Å². The molecule has 0 saturated heterocycles. The molecule has 0 bridgehead atoms. The van der Waals surface area contributed by atoms with Crippen LogP contribution in [-0.4, -0.2) is 4.98 Å². The van der Waals surface area contributed by atoms with Crippen molar-refractivity contribution in [3.05, 3.63) is 22.5 Å². The summed E-state index contributed by atoms with van der Waals surface area (Å²) >= 11 is 0. The topological polar surface area (TPSA) is 15.8 Å². The van der Waals surface area contributed by atoms with Crippen molar-refractivity contribution in [2.24, 2.45) is 0 Å². The van der Waals surface area contributed by atoms with Crippen LogP contribution in [0.5, 0.6) is 0 Å². The van der Waals surface area contributed by atoms with Gasteiger partial charge in [-0.3, -0.25) is 0 Å². The van der Waals surface area contributed by atoms with Gasteiger partial charge in [-0.1, -0.05) is 27.7 Å². The summed E-state index contributed by atoms with van der Waals surface area (Å²) in [6, 6.07) is 0. The summed E-state index contributed by atoms with van der Waals surface area (Å²) in [4.78, 5) is 3.50. The van der Waals surface area contributed by atoms with Crippen molar-refractivity contribution in [3.63, 3.8) is 0 Å². The minimum atomic E-state index is 0.238. The van der Waals surface area contributed by atoms with E-state index in [9.17, 15) is 0 Å². The van der Waals surface area contributed by atoms with Gasteiger partial charge in [0.1, 0.15) is 0 Å². The molecular weight excluding hydrogens is 158 g/mol. The van der Waals surface area contributed by atoms with E-state index in [2.05, 4.69) is 46.5 Å². The van der Waals surface area contributed by atoms with Crippen molar-refractivity contribution in [2.45, 2.75) is 53.4 Å². The van der Waals surface area contributed by atoms with Crippen LogP contribution in [0.2, 0.25) is 0 Å². The zero-order valence-electron chi connectivity index (χ0n) is 9.71. The Hall–Kier alpha value is -0.720. The second-order valence-corrected chi connectivity index (χ2v) is 4.83. The molecule has 1 rings (SSSR count). The molecule has 1 aromatic rings. The smallest absolute Gasteiger partial charge is 0.0236 e. The quantitative estimate of drug-likeness (QED) is 0.679. The summed E-state index contributed by atoms with van der Waals surface area (Å²) in [6.07, 6.45) is 1.13. The molecule has 0 amide bonds. The van der Waals surface area contributed by atoms with Crippen LogP contribution in [0, 0.1) is 13.8 Å². The number of nitrogens with one attached hydrogen (secondary N) is 1. The first-order valence-corrected chi connectivity index (χ1v) is 5.06. The van der Waals surface area contributed by atoms with E-state index < -0.39 is 0 Å². The van der Waals surface area contributed by atoms with Gasteiger partial charge >= 0.3 is 0 Å². The largest absolute Gasteiger partial charge is 0.362 e. The van der Waals surface area contributed by atoms with Gasteiger partial charge in [0.2, 0.25) is 0 Å². The third-order valence-electron chi connectivity index (χ3n) is 2.70. The van der Waals surface area contributed by atoms with Crippen molar-refractivity contribution < 1.29 is 0 Å². The third-order valence-corrected chi connectivity index (χ3v) is 2.70. The maximum absolute atomic E-state index is 3.50. The monoisotopic (exact) mass is 179 g/mol. The normalized spacial score (nSPS) is 12.2. The fraction of sp³-hybridized carbons (Fsp3) is 0.667. The Bertz CT molecular complexity index is 300. The Balaban J connectivity index is 3.26. The van der Waals surface area contributed by atoms with Gasteiger partial charge in [0.05, 0.1) is 0 Å². The van der Waals surface area contributed by atoms with Gasteiger partial charge in [0.25, 0.3) is 0 Å². The molecule has 1 heterocycles. The predicted octanol–water partition coefficient (Wildman–Crippen LogP) is 3.49. The highest BCUT2D eigenvalue weighted by atomic mass is 14.8. The van der Waals surface area contributed by atoms with Crippen LogP contribution in [0.4, 0.5) is 0 Å². The molecule has 0 aliphatic rings. The Labute approximate surface area is 81.6 Å². The van der Waals surface area contributed by atoms with E-state index in [4.69, 9.17) is 0 Å². The first-order valence-electron chi connectivity index (χ1n) is 5.06. The Morgan fingerprint density at radius 1 is 1.15 bits per heavy atom. The average molecular weight is 179 g/mol. The number of hydrogen-bond acceptors (Lipinski definition) is 0. The molecule has 13 heavy (non-hydrogen) atoms. The zero-order valence-corrected chi connectivity index (χ0v) is 9.71. The van der Waals surface area contributed by atoms with E-state index in [1.54, 1.807) is 0 Å². The molecule has 0 aliphatic heterocycles. The first-order chi connectivity index (χ1) is 5.88. The number of aryl methyl sites for hydroxylation is 1. The molecule has 1 N–H and O–H groups in total. The molecule has 0 unspecified atom stereocenters. The van der Waals surface area contributed by atoms with E-state index >= 15 is 0 Å². The second kappa shape index (κ2) is 3.21. The second-order valence-electron chi connectivity index (χ2n) is 4.83. The highest BCUT2D eigenvalue weighted by Gasteiger charge is 2.20. The van der Waals surface area contributed by atoms with Gasteiger partial charge in [0.15, 0.2) is 0 Å². The van der Waals surface area contributed by atoms with Crippen molar-refractivity contribution >= 4 is 0 Å². The summed E-state index contributed by atoms with van der Waals surface area (Å²) in [5, 5.41) is 0. The summed E-state index contributed by atoms with van der Waals surface area (Å²) in [5.74, 6) is 0. The minimum Gasteiger partial charge on any atom is -0.362 e. The first kappa shape index (κ1) is 10.4. The van der Waals surface area contributed by atoms with Crippen molar-refractivity contribution in [3.8, 4) is 0 Å². The van der Waals surface area contributed by atoms with Crippen molar-refractivity contribution in [2.75, 3.05) is 0 Å². The number of rotatable bonds is 1. The van der Waals surface area contributed by atoms with Crippen LogP contribution in [0.1, 0.15) is 50.2 Å². The standard InChI is InChI=1S/C12H21N/c1-7-10-8(2)11(12(4,5)6)13-9(10)3/h13H,7H2,1-6H3. The molecule has 0 aromatic carbocycles. The number of hydrogen-bond donors (Lipinski definition) is 1. The van der Waals surface area contributed by atoms with E-state index in [1.165, 1.54) is 22.5 Å². The number of aromatic amines is 1. The number of H-pyrrole nitrogens is 1. The van der Waals surface area contributed by atoms with Gasteiger partial charge < -0.3 is 4.98 Å². The Kier molecular flexibility index (Phi) is 2.56. The summed E-state index contributed by atoms with van der Waals surface area (Å²) in [7, 11) is 0. The maximum Gasteiger partial charge on any atom is 0.0236 e. The van der Waals surface area contributed by atoms with Gasteiger partial charge in [-0.2, -0.15) is 0 Å². The maximum atomic E-state index is 3.50. The van der Waals surface area contributed by atoms with Crippen LogP contribution in [0.15, 0.2) is 0 Å². The molecule has 1 aromatic heterocycles. The van der Waals surface area contributed by atoms with Crippen molar-refractivity contribution in [1.29, 1.82) is 0 Å². The predicted molar refractivity (Wildman–Crippen MR) is 58.3 cm³/mol. The SMILES string of the molecule is CCc1c(C)[nH]c(C(C)(C)C)c1C. The van der Waals surface area contributed by atoms with Crippen LogP contribution in [0.3, 0.4) is 0 Å². The number of aromatic nitrogens is 1. The van der Waals surface area contributed by atoms with E-state index in [-0.39, 0.29) is 5.41 Å². The Morgan fingerprint density at radius 2 is 1.69 bits per heavy atom. The molecule has 74 valence electrons. The fourth-order valence-corrected chi connectivity index (χ4v) is 2.07. The lowest BCUT2D eigenvalue weighted by molar-refractivity contribution is 0.567. The molecule has 0 saturated carbocycles. The Morgan fingerprint density at radius 3 is 1.92 bits per heavy atom. The molecule has 0 atom stereocenters. The lowest BCUT2D eigenvalue weighted by Crippen LogP contribution is -2.13. The zero-order chi connectivity index (χ0) is 10.2. The highest BCUT2D eigenvalue weighted by Crippen LogP contribution is 2.28. The molecule has 0 fully saturated rings. The van der Waals surface area contributed by atoms with E-state index in [0.717, 1.165) is 6.42 Å². The van der Waals surface area contributed by atoms with E-state index in [1.807, 2.05) is 0 Å². The van der Waals surface area contributed by atoms with Crippen LogP contribution in [-0.2, 0) is 11.8 Å². The molecule has 0 aliphatic carbocycles. The van der Waals surface area contributed by atoms with Crippen LogP contribution >= 0.6 is 0 Å². The third kappa shape index (κ3) is 1.79. The highest BCUT2D eigenvalue weighted by molar-refractivity contribution is 5.38. The van der Waals surface area contributed by atoms with Gasteiger partial charge in [-0.15, -0.1) is 0 Å². The van der Waals surface area contributed by atoms with Gasteiger partial charge in [-0.05, 0) is 31.4 Å². The minimum absolute atomic E-state index is 0.238. The van der Waals surface area contributed by atoms with Crippen LogP contribution in [0.25, 0.3) is 0 Å². The average Bonchev–Trinajstić information content (AvgIpc) is 2.25. The molecule has 0 spiro atoms. The molecule has 1 nitrogen and oxygen atoms in total.